The monoisotopic (exact) mass is 365 g/mol. The van der Waals surface area contributed by atoms with Crippen LogP contribution in [0.5, 0.6) is 0 Å². The van der Waals surface area contributed by atoms with Crippen molar-refractivity contribution in [1.29, 1.82) is 0 Å². The van der Waals surface area contributed by atoms with Crippen LogP contribution in [0.2, 0.25) is 0 Å². The summed E-state index contributed by atoms with van der Waals surface area (Å²) in [5.74, 6) is 0. The molecule has 1 aromatic carbocycles. The molecule has 1 aliphatic rings. The Hall–Kier alpha value is -2.08. The Morgan fingerprint density at radius 2 is 1.92 bits per heavy atom. The summed E-state index contributed by atoms with van der Waals surface area (Å²) in [5, 5.41) is 0. The molecular weight excluding hydrogens is 337 g/mol. The number of carbonyl (C=O) groups excluding carboxylic acids is 1. The van der Waals surface area contributed by atoms with Crippen molar-refractivity contribution in [3.8, 4) is 0 Å². The molecule has 1 amide bonds. The Labute approximate surface area is 154 Å². The van der Waals surface area contributed by atoms with Crippen molar-refractivity contribution < 1.29 is 23.4 Å². The summed E-state index contributed by atoms with van der Waals surface area (Å²) in [6, 6.07) is 6.79. The Bertz CT molecular complexity index is 649. The predicted octanol–water partition coefficient (Wildman–Crippen LogP) is 4.69. The van der Waals surface area contributed by atoms with E-state index in [1.807, 2.05) is 30.3 Å². The highest BCUT2D eigenvalue weighted by Crippen LogP contribution is 2.42. The second-order valence-electron chi connectivity index (χ2n) is 7.76. The van der Waals surface area contributed by atoms with Gasteiger partial charge in [0.25, 0.3) is 0 Å². The normalized spacial score (nSPS) is 22.7. The predicted molar refractivity (Wildman–Crippen MR) is 98.2 cm³/mol. The van der Waals surface area contributed by atoms with Gasteiger partial charge >= 0.3 is 6.09 Å². The quantitative estimate of drug-likeness (QED) is 0.727. The van der Waals surface area contributed by atoms with E-state index in [-0.39, 0.29) is 0 Å². The number of ether oxygens (including phenoxy) is 3. The first-order chi connectivity index (χ1) is 12.1. The van der Waals surface area contributed by atoms with Gasteiger partial charge in [0, 0.05) is 0 Å². The average Bonchev–Trinajstić information content (AvgIpc) is 2.82. The first-order valence-corrected chi connectivity index (χ1v) is 8.64. The van der Waals surface area contributed by atoms with Crippen LogP contribution in [0.3, 0.4) is 0 Å². The molecule has 6 heteroatoms. The maximum absolute atomic E-state index is 13.9. The number of benzene rings is 1. The van der Waals surface area contributed by atoms with Gasteiger partial charge in [0.05, 0.1) is 19.4 Å². The lowest BCUT2D eigenvalue weighted by molar-refractivity contribution is -0.0797. The number of nitrogens with zero attached hydrogens (tertiary/aromatic N) is 1. The van der Waals surface area contributed by atoms with Crippen molar-refractivity contribution in [3.05, 3.63) is 41.7 Å². The zero-order valence-corrected chi connectivity index (χ0v) is 16.3. The molecule has 2 atom stereocenters. The van der Waals surface area contributed by atoms with Gasteiger partial charge in [-0.1, -0.05) is 24.3 Å². The van der Waals surface area contributed by atoms with Crippen LogP contribution >= 0.6 is 0 Å². The smallest absolute Gasteiger partial charge is 0.413 e. The zero-order valence-electron chi connectivity index (χ0n) is 16.3. The second kappa shape index (κ2) is 7.66. The van der Waals surface area contributed by atoms with E-state index < -0.39 is 36.2 Å². The van der Waals surface area contributed by atoms with Crippen molar-refractivity contribution in [2.75, 3.05) is 13.8 Å². The molecule has 0 N–H and O–H groups in total. The molecule has 0 aliphatic carbocycles. The van der Waals surface area contributed by atoms with Gasteiger partial charge in [-0.2, -0.15) is 0 Å². The van der Waals surface area contributed by atoms with Crippen molar-refractivity contribution in [2.24, 2.45) is 0 Å². The maximum atomic E-state index is 13.9. The SMILES string of the molecule is CO/C=C\c1ccc([C@H]2OC(C)(C)N(C(=O)OC(C)(C)C)[C@@H]2CF)cc1. The van der Waals surface area contributed by atoms with Gasteiger partial charge < -0.3 is 14.2 Å². The fraction of sp³-hybridized carbons (Fsp3) is 0.550. The minimum absolute atomic E-state index is 0.567. The van der Waals surface area contributed by atoms with E-state index in [1.54, 1.807) is 48.0 Å². The molecule has 1 fully saturated rings. The van der Waals surface area contributed by atoms with Crippen LogP contribution in [0.25, 0.3) is 6.08 Å². The van der Waals surface area contributed by atoms with E-state index in [0.717, 1.165) is 11.1 Å². The van der Waals surface area contributed by atoms with Gasteiger partial charge in [0.15, 0.2) is 0 Å². The highest BCUT2D eigenvalue weighted by Gasteiger charge is 2.51. The molecule has 0 aromatic heterocycles. The van der Waals surface area contributed by atoms with Crippen molar-refractivity contribution >= 4 is 12.2 Å². The fourth-order valence-corrected chi connectivity index (χ4v) is 3.03. The van der Waals surface area contributed by atoms with E-state index >= 15 is 0 Å². The molecule has 1 saturated heterocycles. The third-order valence-electron chi connectivity index (χ3n) is 4.09. The number of carbonyl (C=O) groups is 1. The third kappa shape index (κ3) is 4.55. The molecule has 0 radical (unpaired) electrons. The summed E-state index contributed by atoms with van der Waals surface area (Å²) in [7, 11) is 1.58. The Morgan fingerprint density at radius 1 is 1.31 bits per heavy atom. The van der Waals surface area contributed by atoms with Gasteiger partial charge in [-0.05, 0) is 51.8 Å². The molecule has 1 aromatic rings. The fourth-order valence-electron chi connectivity index (χ4n) is 3.03. The van der Waals surface area contributed by atoms with Gasteiger partial charge in [0.2, 0.25) is 0 Å². The lowest BCUT2D eigenvalue weighted by Crippen LogP contribution is -2.50. The van der Waals surface area contributed by atoms with Crippen LogP contribution in [-0.4, -0.2) is 42.1 Å². The summed E-state index contributed by atoms with van der Waals surface area (Å²) >= 11 is 0. The number of rotatable bonds is 4. The van der Waals surface area contributed by atoms with Crippen LogP contribution in [0.1, 0.15) is 51.8 Å². The van der Waals surface area contributed by atoms with Gasteiger partial charge in [0.1, 0.15) is 24.1 Å². The van der Waals surface area contributed by atoms with Crippen LogP contribution in [-0.2, 0) is 14.2 Å². The van der Waals surface area contributed by atoms with Gasteiger partial charge in [-0.25, -0.2) is 9.18 Å². The number of methoxy groups -OCH3 is 1. The third-order valence-corrected chi connectivity index (χ3v) is 4.09. The topological polar surface area (TPSA) is 48.0 Å². The lowest BCUT2D eigenvalue weighted by Gasteiger charge is -2.34. The molecule has 0 bridgehead atoms. The molecule has 1 aliphatic heterocycles. The summed E-state index contributed by atoms with van der Waals surface area (Å²) in [6.45, 7) is 8.11. The molecule has 0 unspecified atom stereocenters. The summed E-state index contributed by atoms with van der Waals surface area (Å²) in [6.07, 6.45) is 2.26. The summed E-state index contributed by atoms with van der Waals surface area (Å²) in [4.78, 5) is 14.0. The first-order valence-electron chi connectivity index (χ1n) is 8.64. The molecule has 2 rings (SSSR count). The molecule has 5 nitrogen and oxygen atoms in total. The van der Waals surface area contributed by atoms with Crippen LogP contribution in [0.4, 0.5) is 9.18 Å². The van der Waals surface area contributed by atoms with Gasteiger partial charge in [-0.15, -0.1) is 0 Å². The lowest BCUT2D eigenvalue weighted by atomic mass is 10.0. The number of halogens is 1. The number of amides is 1. The highest BCUT2D eigenvalue weighted by molar-refractivity contribution is 5.70. The molecular formula is C20H28FNO4. The number of hydrogen-bond donors (Lipinski definition) is 0. The maximum Gasteiger partial charge on any atom is 0.413 e. The first kappa shape index (κ1) is 20.2. The molecule has 26 heavy (non-hydrogen) atoms. The van der Waals surface area contributed by atoms with E-state index in [4.69, 9.17) is 14.2 Å². The Morgan fingerprint density at radius 3 is 2.42 bits per heavy atom. The zero-order chi connectivity index (χ0) is 19.5. The van der Waals surface area contributed by atoms with Gasteiger partial charge in [-0.3, -0.25) is 4.90 Å². The molecule has 1 heterocycles. The number of hydrogen-bond acceptors (Lipinski definition) is 4. The van der Waals surface area contributed by atoms with Crippen LogP contribution < -0.4 is 0 Å². The van der Waals surface area contributed by atoms with E-state index in [9.17, 15) is 9.18 Å². The molecule has 144 valence electrons. The van der Waals surface area contributed by atoms with E-state index in [2.05, 4.69) is 0 Å². The van der Waals surface area contributed by atoms with Crippen LogP contribution in [0.15, 0.2) is 30.5 Å². The minimum Gasteiger partial charge on any atom is -0.504 e. The van der Waals surface area contributed by atoms with E-state index in [1.165, 1.54) is 4.90 Å². The van der Waals surface area contributed by atoms with E-state index in [0.29, 0.717) is 0 Å². The average molecular weight is 365 g/mol. The summed E-state index contributed by atoms with van der Waals surface area (Å²) < 4.78 is 30.3. The number of alkyl halides is 1. The van der Waals surface area contributed by atoms with Crippen molar-refractivity contribution in [3.63, 3.8) is 0 Å². The molecule has 0 saturated carbocycles. The Kier molecular flexibility index (Phi) is 5.96. The Balaban J connectivity index is 2.27. The van der Waals surface area contributed by atoms with Crippen molar-refractivity contribution in [1.82, 2.24) is 4.90 Å². The highest BCUT2D eigenvalue weighted by atomic mass is 19.1. The summed E-state index contributed by atoms with van der Waals surface area (Å²) in [5.41, 5.74) is 0.120. The minimum atomic E-state index is -0.974. The second-order valence-corrected chi connectivity index (χ2v) is 7.76. The standard InChI is InChI=1S/C20H28FNO4/c1-19(2,3)26-18(23)22-16(13-21)17(25-20(22,4)5)15-9-7-14(8-10-15)11-12-24-6/h7-12,16-17H,13H2,1-6H3/b12-11-/t16-,17-/m1/s1. The molecule has 0 spiro atoms. The van der Waals surface area contributed by atoms with Crippen molar-refractivity contribution in [2.45, 2.75) is 58.1 Å². The van der Waals surface area contributed by atoms with Crippen LogP contribution in [0, 0.1) is 0 Å². The largest absolute Gasteiger partial charge is 0.504 e.